The minimum atomic E-state index is 0.714. The van der Waals surface area contributed by atoms with Gasteiger partial charge in [-0.15, -0.1) is 0 Å². The van der Waals surface area contributed by atoms with Crippen molar-refractivity contribution in [3.8, 4) is 0 Å². The number of hydrogen-bond acceptors (Lipinski definition) is 2. The SMILES string of the molecule is C1CCC(=C2CCCCC2NCCCNC2CCCCC2)CC1. The lowest BCUT2D eigenvalue weighted by atomic mass is 9.81. The Labute approximate surface area is 143 Å². The summed E-state index contributed by atoms with van der Waals surface area (Å²) in [5, 5.41) is 7.69. The summed E-state index contributed by atoms with van der Waals surface area (Å²) in [6, 6.07) is 1.53. The highest BCUT2D eigenvalue weighted by atomic mass is 14.9. The van der Waals surface area contributed by atoms with Gasteiger partial charge in [0.2, 0.25) is 0 Å². The Bertz CT molecular complexity index is 360. The first-order valence-corrected chi connectivity index (χ1v) is 10.6. The first-order valence-electron chi connectivity index (χ1n) is 10.6. The van der Waals surface area contributed by atoms with E-state index >= 15 is 0 Å². The van der Waals surface area contributed by atoms with Crippen molar-refractivity contribution in [3.63, 3.8) is 0 Å². The quantitative estimate of drug-likeness (QED) is 0.526. The van der Waals surface area contributed by atoms with Crippen molar-refractivity contribution in [1.29, 1.82) is 0 Å². The summed E-state index contributed by atoms with van der Waals surface area (Å²) in [5.41, 5.74) is 3.67. The third-order valence-corrected chi connectivity index (χ3v) is 6.30. The Morgan fingerprint density at radius 3 is 2.13 bits per heavy atom. The van der Waals surface area contributed by atoms with Crippen LogP contribution < -0.4 is 10.6 Å². The zero-order valence-electron chi connectivity index (χ0n) is 15.2. The molecular weight excluding hydrogens is 280 g/mol. The topological polar surface area (TPSA) is 24.1 Å². The molecule has 0 saturated heterocycles. The Hall–Kier alpha value is -0.340. The van der Waals surface area contributed by atoms with Gasteiger partial charge >= 0.3 is 0 Å². The Morgan fingerprint density at radius 1 is 0.652 bits per heavy atom. The molecule has 2 N–H and O–H groups in total. The van der Waals surface area contributed by atoms with Gasteiger partial charge in [-0.05, 0) is 77.3 Å². The third kappa shape index (κ3) is 5.60. The molecule has 3 rings (SSSR count). The van der Waals surface area contributed by atoms with E-state index in [4.69, 9.17) is 0 Å². The Kier molecular flexibility index (Phi) is 7.48. The van der Waals surface area contributed by atoms with Gasteiger partial charge in [0, 0.05) is 12.1 Å². The van der Waals surface area contributed by atoms with Gasteiger partial charge in [-0.3, -0.25) is 0 Å². The van der Waals surface area contributed by atoms with Crippen LogP contribution in [0.5, 0.6) is 0 Å². The second kappa shape index (κ2) is 9.84. The highest BCUT2D eigenvalue weighted by molar-refractivity contribution is 5.22. The first kappa shape index (κ1) is 17.5. The summed E-state index contributed by atoms with van der Waals surface area (Å²) in [5.74, 6) is 0. The van der Waals surface area contributed by atoms with Crippen LogP contribution in [-0.2, 0) is 0 Å². The molecule has 3 aliphatic carbocycles. The molecule has 0 heterocycles. The molecule has 0 radical (unpaired) electrons. The van der Waals surface area contributed by atoms with Crippen LogP contribution in [0.4, 0.5) is 0 Å². The van der Waals surface area contributed by atoms with E-state index in [9.17, 15) is 0 Å². The second-order valence-corrected chi connectivity index (χ2v) is 8.08. The van der Waals surface area contributed by atoms with Crippen LogP contribution in [-0.4, -0.2) is 25.2 Å². The van der Waals surface area contributed by atoms with Crippen LogP contribution in [0, 0.1) is 0 Å². The molecule has 3 saturated carbocycles. The molecule has 1 unspecified atom stereocenters. The molecule has 0 spiro atoms. The normalized spacial score (nSPS) is 27.4. The van der Waals surface area contributed by atoms with Crippen molar-refractivity contribution < 1.29 is 0 Å². The lowest BCUT2D eigenvalue weighted by molar-refractivity contribution is 0.367. The van der Waals surface area contributed by atoms with E-state index in [-0.39, 0.29) is 0 Å². The fourth-order valence-corrected chi connectivity index (χ4v) is 4.94. The van der Waals surface area contributed by atoms with Crippen molar-refractivity contribution >= 4 is 0 Å². The van der Waals surface area contributed by atoms with Crippen LogP contribution >= 0.6 is 0 Å². The first-order chi connectivity index (χ1) is 11.4. The molecule has 2 nitrogen and oxygen atoms in total. The molecule has 23 heavy (non-hydrogen) atoms. The summed E-state index contributed by atoms with van der Waals surface area (Å²) in [4.78, 5) is 0. The average Bonchev–Trinajstić information content (AvgIpc) is 2.63. The number of rotatable bonds is 6. The Balaban J connectivity index is 1.37. The number of hydrogen-bond donors (Lipinski definition) is 2. The minimum absolute atomic E-state index is 0.714. The van der Waals surface area contributed by atoms with E-state index in [1.54, 1.807) is 0 Å². The summed E-state index contributed by atoms with van der Waals surface area (Å²) in [7, 11) is 0. The molecule has 0 aromatic rings. The van der Waals surface area contributed by atoms with Gasteiger partial charge in [0.1, 0.15) is 0 Å². The van der Waals surface area contributed by atoms with Gasteiger partial charge < -0.3 is 10.6 Å². The van der Waals surface area contributed by atoms with Crippen LogP contribution in [0.3, 0.4) is 0 Å². The van der Waals surface area contributed by atoms with Crippen LogP contribution in [0.2, 0.25) is 0 Å². The molecule has 3 aliphatic rings. The molecule has 0 bridgehead atoms. The monoisotopic (exact) mass is 318 g/mol. The zero-order chi connectivity index (χ0) is 15.7. The van der Waals surface area contributed by atoms with Crippen molar-refractivity contribution in [1.82, 2.24) is 10.6 Å². The fraction of sp³-hybridized carbons (Fsp3) is 0.905. The van der Waals surface area contributed by atoms with Gasteiger partial charge in [0.05, 0.1) is 0 Å². The van der Waals surface area contributed by atoms with Crippen LogP contribution in [0.15, 0.2) is 11.1 Å². The summed E-state index contributed by atoms with van der Waals surface area (Å²) in [6.45, 7) is 2.40. The molecule has 132 valence electrons. The van der Waals surface area contributed by atoms with Crippen molar-refractivity contribution in [2.75, 3.05) is 13.1 Å². The lowest BCUT2D eigenvalue weighted by Gasteiger charge is -2.31. The molecule has 0 aromatic heterocycles. The standard InChI is InChI=1S/C21H38N2/c1-3-10-18(11-4-1)20-14-7-8-15-21(20)23-17-9-16-22-19-12-5-2-6-13-19/h19,21-23H,1-17H2. The van der Waals surface area contributed by atoms with Gasteiger partial charge in [-0.25, -0.2) is 0 Å². The van der Waals surface area contributed by atoms with E-state index < -0.39 is 0 Å². The molecule has 0 aliphatic heterocycles. The van der Waals surface area contributed by atoms with E-state index in [2.05, 4.69) is 10.6 Å². The minimum Gasteiger partial charge on any atom is -0.314 e. The number of allylic oxidation sites excluding steroid dienone is 1. The maximum atomic E-state index is 3.91. The molecule has 3 fully saturated rings. The largest absolute Gasteiger partial charge is 0.314 e. The lowest BCUT2D eigenvalue weighted by Crippen LogP contribution is -2.37. The maximum Gasteiger partial charge on any atom is 0.0282 e. The van der Waals surface area contributed by atoms with Gasteiger partial charge in [0.15, 0.2) is 0 Å². The van der Waals surface area contributed by atoms with Crippen molar-refractivity contribution in [3.05, 3.63) is 11.1 Å². The summed E-state index contributed by atoms with van der Waals surface area (Å²) < 4.78 is 0. The fourth-order valence-electron chi connectivity index (χ4n) is 4.94. The van der Waals surface area contributed by atoms with Gasteiger partial charge in [-0.1, -0.05) is 43.3 Å². The van der Waals surface area contributed by atoms with E-state index in [1.807, 2.05) is 11.1 Å². The second-order valence-electron chi connectivity index (χ2n) is 8.08. The predicted molar refractivity (Wildman–Crippen MR) is 99.9 cm³/mol. The third-order valence-electron chi connectivity index (χ3n) is 6.30. The molecule has 1 atom stereocenters. The predicted octanol–water partition coefficient (Wildman–Crippen LogP) is 5.09. The smallest absolute Gasteiger partial charge is 0.0282 e. The number of nitrogens with one attached hydrogen (secondary N) is 2. The van der Waals surface area contributed by atoms with Gasteiger partial charge in [0.25, 0.3) is 0 Å². The van der Waals surface area contributed by atoms with E-state index in [0.29, 0.717) is 6.04 Å². The zero-order valence-corrected chi connectivity index (χ0v) is 15.2. The Morgan fingerprint density at radius 2 is 1.30 bits per heavy atom. The van der Waals surface area contributed by atoms with E-state index in [1.165, 1.54) is 109 Å². The van der Waals surface area contributed by atoms with Crippen molar-refractivity contribution in [2.24, 2.45) is 0 Å². The average molecular weight is 319 g/mol. The molecular formula is C21H38N2. The van der Waals surface area contributed by atoms with E-state index in [0.717, 1.165) is 6.04 Å². The summed E-state index contributed by atoms with van der Waals surface area (Å²) in [6.07, 6.45) is 21.2. The van der Waals surface area contributed by atoms with Crippen LogP contribution in [0.1, 0.15) is 96.3 Å². The molecule has 0 aromatic carbocycles. The van der Waals surface area contributed by atoms with Crippen LogP contribution in [0.25, 0.3) is 0 Å². The molecule has 2 heteroatoms. The van der Waals surface area contributed by atoms with Gasteiger partial charge in [-0.2, -0.15) is 0 Å². The maximum absolute atomic E-state index is 3.91. The highest BCUT2D eigenvalue weighted by Crippen LogP contribution is 2.33. The highest BCUT2D eigenvalue weighted by Gasteiger charge is 2.22. The summed E-state index contributed by atoms with van der Waals surface area (Å²) >= 11 is 0. The van der Waals surface area contributed by atoms with Crippen molar-refractivity contribution in [2.45, 2.75) is 108 Å². The molecule has 0 amide bonds.